The van der Waals surface area contributed by atoms with E-state index >= 15 is 0 Å². The number of amides is 2. The number of ether oxygens (including phenoxy) is 1. The molecule has 2 amide bonds. The first-order valence-corrected chi connectivity index (χ1v) is 7.91. The molecule has 0 bridgehead atoms. The normalized spacial score (nSPS) is 25.7. The van der Waals surface area contributed by atoms with E-state index in [0.29, 0.717) is 52.0 Å². The average Bonchev–Trinajstić information content (AvgIpc) is 2.54. The van der Waals surface area contributed by atoms with E-state index in [1.54, 1.807) is 4.90 Å². The third-order valence-corrected chi connectivity index (χ3v) is 4.99. The highest BCUT2D eigenvalue weighted by Crippen LogP contribution is 2.35. The number of carboxylic acid groups (broad SMARTS) is 1. The van der Waals surface area contributed by atoms with Crippen LogP contribution in [0.15, 0.2) is 0 Å². The van der Waals surface area contributed by atoms with E-state index in [0.717, 1.165) is 6.42 Å². The Morgan fingerprint density at radius 2 is 1.86 bits per heavy atom. The van der Waals surface area contributed by atoms with Gasteiger partial charge in [0, 0.05) is 26.2 Å². The lowest BCUT2D eigenvalue weighted by Gasteiger charge is -2.41. The lowest BCUT2D eigenvalue weighted by Crippen LogP contribution is -2.54. The summed E-state index contributed by atoms with van der Waals surface area (Å²) in [6.07, 6.45) is 2.75. The fourth-order valence-corrected chi connectivity index (χ4v) is 3.18. The molecule has 2 heterocycles. The van der Waals surface area contributed by atoms with Gasteiger partial charge >= 0.3 is 12.0 Å². The minimum atomic E-state index is -0.727. The van der Waals surface area contributed by atoms with Crippen LogP contribution < -0.4 is 0 Å². The molecule has 0 saturated carbocycles. The molecule has 0 radical (unpaired) electrons. The zero-order chi connectivity index (χ0) is 15.5. The third-order valence-electron chi connectivity index (χ3n) is 4.99. The zero-order valence-electron chi connectivity index (χ0n) is 13.0. The molecule has 0 aromatic rings. The maximum Gasteiger partial charge on any atom is 0.320 e. The molecule has 0 aliphatic carbocycles. The second-order valence-electron chi connectivity index (χ2n) is 6.06. The van der Waals surface area contributed by atoms with Crippen molar-refractivity contribution in [2.75, 3.05) is 32.8 Å². The number of aliphatic carboxylic acids is 1. The van der Waals surface area contributed by atoms with Crippen molar-refractivity contribution in [2.24, 2.45) is 5.41 Å². The van der Waals surface area contributed by atoms with Crippen molar-refractivity contribution >= 4 is 12.0 Å². The monoisotopic (exact) mass is 298 g/mol. The first-order valence-electron chi connectivity index (χ1n) is 7.91. The van der Waals surface area contributed by atoms with Gasteiger partial charge < -0.3 is 19.6 Å². The van der Waals surface area contributed by atoms with Crippen molar-refractivity contribution in [3.63, 3.8) is 0 Å². The van der Waals surface area contributed by atoms with Crippen LogP contribution in [0.5, 0.6) is 0 Å². The number of carbonyl (C=O) groups excluding carboxylic acids is 1. The first kappa shape index (κ1) is 16.1. The molecule has 1 unspecified atom stereocenters. The van der Waals surface area contributed by atoms with E-state index in [1.807, 2.05) is 11.8 Å². The Morgan fingerprint density at radius 1 is 1.19 bits per heavy atom. The summed E-state index contributed by atoms with van der Waals surface area (Å²) in [4.78, 5) is 27.6. The van der Waals surface area contributed by atoms with Gasteiger partial charge in [0.1, 0.15) is 0 Å². The molecule has 0 aromatic heterocycles. The molecule has 2 fully saturated rings. The number of hydrogen-bond acceptors (Lipinski definition) is 3. The predicted octanol–water partition coefficient (Wildman–Crippen LogP) is 1.79. The quantitative estimate of drug-likeness (QED) is 0.862. The van der Waals surface area contributed by atoms with Crippen LogP contribution in [0, 0.1) is 5.41 Å². The summed E-state index contributed by atoms with van der Waals surface area (Å²) in [7, 11) is 0. The summed E-state index contributed by atoms with van der Waals surface area (Å²) < 4.78 is 5.59. The SMILES string of the molecule is CCC1CN(C(=O)N2CCC(CC)(C(=O)O)CC2)CCO1. The van der Waals surface area contributed by atoms with Crippen LogP contribution in [0.2, 0.25) is 0 Å². The number of piperidine rings is 1. The molecule has 0 aromatic carbocycles. The summed E-state index contributed by atoms with van der Waals surface area (Å²) in [5, 5.41) is 9.40. The van der Waals surface area contributed by atoms with Gasteiger partial charge in [0.2, 0.25) is 0 Å². The minimum absolute atomic E-state index is 0.0341. The molecule has 6 heteroatoms. The Labute approximate surface area is 126 Å². The predicted molar refractivity (Wildman–Crippen MR) is 78.2 cm³/mol. The molecule has 2 saturated heterocycles. The second kappa shape index (κ2) is 6.64. The van der Waals surface area contributed by atoms with Crippen molar-refractivity contribution in [3.05, 3.63) is 0 Å². The van der Waals surface area contributed by atoms with E-state index in [1.165, 1.54) is 0 Å². The molecule has 6 nitrogen and oxygen atoms in total. The van der Waals surface area contributed by atoms with Crippen molar-refractivity contribution in [2.45, 2.75) is 45.6 Å². The summed E-state index contributed by atoms with van der Waals surface area (Å²) in [5.74, 6) is -0.727. The van der Waals surface area contributed by atoms with Gasteiger partial charge in [-0.05, 0) is 25.7 Å². The second-order valence-corrected chi connectivity index (χ2v) is 6.06. The van der Waals surface area contributed by atoms with Gasteiger partial charge in [0.05, 0.1) is 18.1 Å². The van der Waals surface area contributed by atoms with Gasteiger partial charge in [-0.3, -0.25) is 4.79 Å². The number of carboxylic acids is 1. The number of morpholine rings is 1. The fourth-order valence-electron chi connectivity index (χ4n) is 3.18. The van der Waals surface area contributed by atoms with Crippen LogP contribution in [0.25, 0.3) is 0 Å². The summed E-state index contributed by atoms with van der Waals surface area (Å²) in [6.45, 7) is 6.90. The summed E-state index contributed by atoms with van der Waals surface area (Å²) in [6, 6.07) is 0.0341. The van der Waals surface area contributed by atoms with Crippen LogP contribution in [0.4, 0.5) is 4.79 Å². The average molecular weight is 298 g/mol. The van der Waals surface area contributed by atoms with Crippen LogP contribution >= 0.6 is 0 Å². The molecule has 1 N–H and O–H groups in total. The van der Waals surface area contributed by atoms with Crippen molar-refractivity contribution in [1.29, 1.82) is 0 Å². The Balaban J connectivity index is 1.92. The lowest BCUT2D eigenvalue weighted by molar-refractivity contribution is -0.152. The zero-order valence-corrected chi connectivity index (χ0v) is 13.0. The van der Waals surface area contributed by atoms with Gasteiger partial charge in [-0.25, -0.2) is 4.79 Å². The van der Waals surface area contributed by atoms with Crippen molar-refractivity contribution in [3.8, 4) is 0 Å². The number of urea groups is 1. The molecule has 2 aliphatic heterocycles. The van der Waals surface area contributed by atoms with Crippen molar-refractivity contribution in [1.82, 2.24) is 9.80 Å². The van der Waals surface area contributed by atoms with Crippen LogP contribution in [-0.2, 0) is 9.53 Å². The molecular weight excluding hydrogens is 272 g/mol. The number of likely N-dealkylation sites (tertiary alicyclic amines) is 1. The highest BCUT2D eigenvalue weighted by atomic mass is 16.5. The van der Waals surface area contributed by atoms with E-state index in [4.69, 9.17) is 4.74 Å². The maximum absolute atomic E-state index is 12.5. The Morgan fingerprint density at radius 3 is 2.38 bits per heavy atom. The van der Waals surface area contributed by atoms with Gasteiger partial charge in [0.15, 0.2) is 0 Å². The topological polar surface area (TPSA) is 70.1 Å². The van der Waals surface area contributed by atoms with Crippen molar-refractivity contribution < 1.29 is 19.4 Å². The lowest BCUT2D eigenvalue weighted by atomic mass is 9.76. The summed E-state index contributed by atoms with van der Waals surface area (Å²) >= 11 is 0. The molecule has 21 heavy (non-hydrogen) atoms. The fraction of sp³-hybridized carbons (Fsp3) is 0.867. The van der Waals surface area contributed by atoms with Gasteiger partial charge in [-0.2, -0.15) is 0 Å². The highest BCUT2D eigenvalue weighted by molar-refractivity contribution is 5.77. The minimum Gasteiger partial charge on any atom is -0.481 e. The molecule has 2 rings (SSSR count). The van der Waals surface area contributed by atoms with Gasteiger partial charge in [-0.1, -0.05) is 13.8 Å². The standard InChI is InChI=1S/C15H26N2O4/c1-3-12-11-17(9-10-21-12)14(20)16-7-5-15(4-2,6-8-16)13(18)19/h12H,3-11H2,1-2H3,(H,18,19). The Kier molecular flexibility index (Phi) is 5.08. The Hall–Kier alpha value is -1.30. The highest BCUT2D eigenvalue weighted by Gasteiger charge is 2.41. The largest absolute Gasteiger partial charge is 0.481 e. The van der Waals surface area contributed by atoms with Crippen LogP contribution in [-0.4, -0.2) is 65.8 Å². The van der Waals surface area contributed by atoms with E-state index in [-0.39, 0.29) is 12.1 Å². The third kappa shape index (κ3) is 3.31. The number of carbonyl (C=O) groups is 2. The molecule has 120 valence electrons. The van der Waals surface area contributed by atoms with Gasteiger partial charge in [-0.15, -0.1) is 0 Å². The Bertz CT molecular complexity index is 391. The number of nitrogens with zero attached hydrogens (tertiary/aromatic N) is 2. The van der Waals surface area contributed by atoms with Crippen LogP contribution in [0.3, 0.4) is 0 Å². The molecular formula is C15H26N2O4. The molecule has 0 spiro atoms. The molecule has 2 aliphatic rings. The molecule has 1 atom stereocenters. The van der Waals surface area contributed by atoms with E-state index in [9.17, 15) is 14.7 Å². The smallest absolute Gasteiger partial charge is 0.320 e. The van der Waals surface area contributed by atoms with E-state index in [2.05, 4.69) is 6.92 Å². The van der Waals surface area contributed by atoms with E-state index < -0.39 is 11.4 Å². The first-order chi connectivity index (χ1) is 10.0. The number of hydrogen-bond donors (Lipinski definition) is 1. The number of rotatable bonds is 3. The van der Waals surface area contributed by atoms with Crippen LogP contribution in [0.1, 0.15) is 39.5 Å². The van der Waals surface area contributed by atoms with Gasteiger partial charge in [0.25, 0.3) is 0 Å². The summed E-state index contributed by atoms with van der Waals surface area (Å²) in [5.41, 5.74) is -0.645. The maximum atomic E-state index is 12.5.